The van der Waals surface area contributed by atoms with Crippen LogP contribution in [-0.2, 0) is 5.38 Å². The summed E-state index contributed by atoms with van der Waals surface area (Å²) < 4.78 is 37.8. The molecule has 0 amide bonds. The number of fused-ring (bicyclic) bond motifs is 2. The van der Waals surface area contributed by atoms with Crippen molar-refractivity contribution in [2.75, 3.05) is 6.79 Å². The van der Waals surface area contributed by atoms with E-state index in [0.29, 0.717) is 16.5 Å². The molecule has 0 atom stereocenters. The average molecular weight is 357 g/mol. The summed E-state index contributed by atoms with van der Waals surface area (Å²) in [6, 6.07) is 5.47. The molecule has 0 fully saturated rings. The first-order valence-electron chi connectivity index (χ1n) is 6.38. The molecule has 1 aliphatic heterocycles. The molecular weight excluding hydrogens is 350 g/mol. The smallest absolute Gasteiger partial charge is 0.383 e. The van der Waals surface area contributed by atoms with Gasteiger partial charge < -0.3 is 9.47 Å². The fraction of sp³-hybridized carbons (Fsp3) is 0.154. The lowest BCUT2D eigenvalue weighted by atomic mass is 10.2. The maximum Gasteiger partial charge on any atom is 0.383 e. The lowest BCUT2D eigenvalue weighted by Gasteiger charge is -2.01. The van der Waals surface area contributed by atoms with Gasteiger partial charge in [0.2, 0.25) is 17.6 Å². The maximum atomic E-state index is 13.2. The lowest BCUT2D eigenvalue weighted by molar-refractivity contribution is 0.0820. The molecule has 0 radical (unpaired) electrons. The van der Waals surface area contributed by atoms with Crippen LogP contribution in [0.15, 0.2) is 18.2 Å². The van der Waals surface area contributed by atoms with Crippen LogP contribution in [0, 0.1) is 0 Å². The van der Waals surface area contributed by atoms with Crippen LogP contribution in [0.5, 0.6) is 11.5 Å². The second-order valence-electron chi connectivity index (χ2n) is 4.60. The zero-order chi connectivity index (χ0) is 16.0. The van der Waals surface area contributed by atoms with Crippen molar-refractivity contribution in [3.8, 4) is 11.5 Å². The van der Waals surface area contributed by atoms with E-state index in [0.717, 1.165) is 21.4 Å². The van der Waals surface area contributed by atoms with Crippen LogP contribution in [0.2, 0.25) is 0 Å². The minimum absolute atomic E-state index is 0.203. The number of hydrogen-bond donors (Lipinski definition) is 0. The van der Waals surface area contributed by atoms with Gasteiger partial charge in [-0.05, 0) is 35.4 Å². The number of ether oxygens (including phenoxy) is 2. The van der Waals surface area contributed by atoms with Gasteiger partial charge in [-0.15, -0.1) is 10.2 Å². The van der Waals surface area contributed by atoms with Gasteiger partial charge in [0.05, 0.1) is 0 Å². The molecule has 0 saturated carbocycles. The Morgan fingerprint density at radius 1 is 1.22 bits per heavy atom. The van der Waals surface area contributed by atoms with Crippen molar-refractivity contribution >= 4 is 40.1 Å². The molecule has 10 heteroatoms. The predicted molar refractivity (Wildman–Crippen MR) is 79.9 cm³/mol. The van der Waals surface area contributed by atoms with Crippen LogP contribution >= 0.6 is 22.9 Å². The first kappa shape index (κ1) is 14.3. The summed E-state index contributed by atoms with van der Waals surface area (Å²) in [5.74, 6) is 0.650. The average Bonchev–Trinajstić information content (AvgIpc) is 3.17. The fourth-order valence-electron chi connectivity index (χ4n) is 2.06. The highest BCUT2D eigenvalue weighted by molar-refractivity contribution is 7.17. The second kappa shape index (κ2) is 5.14. The molecule has 2 aromatic heterocycles. The van der Waals surface area contributed by atoms with Gasteiger partial charge in [0.15, 0.2) is 11.5 Å². The van der Waals surface area contributed by atoms with Crippen LogP contribution in [-0.4, -0.2) is 26.6 Å². The summed E-state index contributed by atoms with van der Waals surface area (Å²) in [7, 11) is 0. The molecule has 4 rings (SSSR count). The van der Waals surface area contributed by atoms with E-state index in [4.69, 9.17) is 21.1 Å². The van der Waals surface area contributed by atoms with Gasteiger partial charge in [-0.1, -0.05) is 23.5 Å². The molecule has 0 aliphatic carbocycles. The standard InChI is InChI=1S/C13H7ClF2N4O2S/c14-13(15,16)11-17-18-12-20(11)19-10(23-12)4-2-7-1-3-8-9(5-7)22-6-21-8/h1-5H,6H2. The summed E-state index contributed by atoms with van der Waals surface area (Å²) in [6.07, 6.45) is 3.47. The van der Waals surface area contributed by atoms with E-state index >= 15 is 0 Å². The Hall–Kier alpha value is -2.26. The zero-order valence-electron chi connectivity index (χ0n) is 11.2. The Morgan fingerprint density at radius 3 is 2.87 bits per heavy atom. The highest BCUT2D eigenvalue weighted by atomic mass is 35.5. The number of alkyl halides is 3. The van der Waals surface area contributed by atoms with Crippen molar-refractivity contribution in [1.82, 2.24) is 19.8 Å². The minimum Gasteiger partial charge on any atom is -0.454 e. The maximum absolute atomic E-state index is 13.2. The number of rotatable bonds is 3. The monoisotopic (exact) mass is 356 g/mol. The van der Waals surface area contributed by atoms with Gasteiger partial charge in [-0.2, -0.15) is 18.4 Å². The topological polar surface area (TPSA) is 61.5 Å². The molecule has 0 saturated heterocycles. The van der Waals surface area contributed by atoms with Crippen molar-refractivity contribution < 1.29 is 18.3 Å². The van der Waals surface area contributed by atoms with E-state index in [1.807, 2.05) is 12.1 Å². The predicted octanol–water partition coefficient (Wildman–Crippen LogP) is 3.37. The fourth-order valence-corrected chi connectivity index (χ4v) is 2.92. The molecule has 0 unspecified atom stereocenters. The first-order chi connectivity index (χ1) is 11.0. The first-order valence-corrected chi connectivity index (χ1v) is 7.57. The van der Waals surface area contributed by atoms with E-state index in [-0.39, 0.29) is 11.8 Å². The molecule has 6 nitrogen and oxygen atoms in total. The molecule has 0 bridgehead atoms. The van der Waals surface area contributed by atoms with Crippen LogP contribution in [0.3, 0.4) is 0 Å². The SMILES string of the molecule is FC(F)(Cl)c1nnc2sc(C=Cc3ccc4c(c3)OCO4)nn12. The van der Waals surface area contributed by atoms with Crippen molar-refractivity contribution in [2.24, 2.45) is 0 Å². The van der Waals surface area contributed by atoms with E-state index in [2.05, 4.69) is 15.3 Å². The Morgan fingerprint density at radius 2 is 2.04 bits per heavy atom. The van der Waals surface area contributed by atoms with Gasteiger partial charge >= 0.3 is 5.38 Å². The van der Waals surface area contributed by atoms with Gasteiger partial charge in [0.25, 0.3) is 0 Å². The third-order valence-corrected chi connectivity index (χ3v) is 4.11. The highest BCUT2D eigenvalue weighted by Crippen LogP contribution is 2.34. The van der Waals surface area contributed by atoms with E-state index in [1.165, 1.54) is 0 Å². The summed E-state index contributed by atoms with van der Waals surface area (Å²) in [5.41, 5.74) is 0.864. The molecular formula is C13H7ClF2N4O2S. The van der Waals surface area contributed by atoms with Crippen LogP contribution < -0.4 is 9.47 Å². The second-order valence-corrected chi connectivity index (χ2v) is 6.06. The summed E-state index contributed by atoms with van der Waals surface area (Å²) >= 11 is 6.10. The lowest BCUT2D eigenvalue weighted by Crippen LogP contribution is -2.10. The van der Waals surface area contributed by atoms with Gasteiger partial charge in [-0.3, -0.25) is 0 Å². The van der Waals surface area contributed by atoms with Crippen LogP contribution in [0.1, 0.15) is 16.4 Å². The van der Waals surface area contributed by atoms with Crippen LogP contribution in [0.4, 0.5) is 8.78 Å². The number of hydrogen-bond acceptors (Lipinski definition) is 6. The summed E-state index contributed by atoms with van der Waals surface area (Å²) in [5, 5.41) is 7.90. The Bertz CT molecular complexity index is 918. The van der Waals surface area contributed by atoms with Crippen LogP contribution in [0.25, 0.3) is 17.1 Å². The normalized spacial score (nSPS) is 14.2. The Balaban J connectivity index is 1.64. The van der Waals surface area contributed by atoms with Crippen molar-refractivity contribution in [3.63, 3.8) is 0 Å². The number of nitrogens with zero attached hydrogens (tertiary/aromatic N) is 4. The summed E-state index contributed by atoms with van der Waals surface area (Å²) in [4.78, 5) is 0.241. The Labute approximate surface area is 136 Å². The molecule has 0 spiro atoms. The van der Waals surface area contributed by atoms with Crippen molar-refractivity contribution in [3.05, 3.63) is 34.6 Å². The quantitative estimate of drug-likeness (QED) is 0.673. The third-order valence-electron chi connectivity index (χ3n) is 3.08. The van der Waals surface area contributed by atoms with E-state index in [9.17, 15) is 8.78 Å². The van der Waals surface area contributed by atoms with Crippen molar-refractivity contribution in [2.45, 2.75) is 5.38 Å². The molecule has 23 heavy (non-hydrogen) atoms. The van der Waals surface area contributed by atoms with Gasteiger partial charge in [0, 0.05) is 0 Å². The molecule has 118 valence electrons. The van der Waals surface area contributed by atoms with E-state index < -0.39 is 11.2 Å². The largest absolute Gasteiger partial charge is 0.454 e. The minimum atomic E-state index is -3.62. The Kier molecular flexibility index (Phi) is 3.20. The molecule has 0 N–H and O–H groups in total. The molecule has 1 aliphatic rings. The third kappa shape index (κ3) is 2.62. The molecule has 1 aromatic carbocycles. The van der Waals surface area contributed by atoms with E-state index in [1.54, 1.807) is 18.2 Å². The van der Waals surface area contributed by atoms with Crippen molar-refractivity contribution in [1.29, 1.82) is 0 Å². The molecule has 3 aromatic rings. The molecule has 3 heterocycles. The summed E-state index contributed by atoms with van der Waals surface area (Å²) in [6.45, 7) is 0.203. The number of benzene rings is 1. The zero-order valence-corrected chi connectivity index (χ0v) is 12.8. The highest BCUT2D eigenvalue weighted by Gasteiger charge is 2.35. The number of aromatic nitrogens is 4. The number of halogens is 3. The van der Waals surface area contributed by atoms with Gasteiger partial charge in [0.1, 0.15) is 5.01 Å². The van der Waals surface area contributed by atoms with Gasteiger partial charge in [-0.25, -0.2) is 0 Å².